The maximum atomic E-state index is 9.90. The molecule has 0 unspecified atom stereocenters. The Balaban J connectivity index is 1.21. The molecule has 2 heterocycles. The van der Waals surface area contributed by atoms with Crippen molar-refractivity contribution in [2.75, 3.05) is 0 Å². The van der Waals surface area contributed by atoms with E-state index in [0.717, 1.165) is 61.0 Å². The quantitative estimate of drug-likeness (QED) is 0.166. The van der Waals surface area contributed by atoms with E-state index in [1.807, 2.05) is 18.2 Å². The molecule has 0 aliphatic rings. The number of hydrogen-bond acceptors (Lipinski definition) is 1. The zero-order valence-corrected chi connectivity index (χ0v) is 29.1. The molecule has 4 nitrogen and oxygen atoms in total. The molecule has 0 N–H and O–H groups in total. The molecule has 0 saturated carbocycles. The lowest BCUT2D eigenvalue weighted by Crippen LogP contribution is -1.95. The third-order valence-electron chi connectivity index (χ3n) is 10.6. The largest absolute Gasteiger partial charge is 0.309 e. The van der Waals surface area contributed by atoms with Crippen molar-refractivity contribution in [3.63, 3.8) is 0 Å². The number of para-hydroxylation sites is 1. The van der Waals surface area contributed by atoms with Crippen LogP contribution in [0.5, 0.6) is 0 Å². The monoisotopic (exact) mass is 686 g/mol. The molecule has 0 aliphatic carbocycles. The zero-order chi connectivity index (χ0) is 36.2. The molecule has 0 atom stereocenters. The predicted octanol–water partition coefficient (Wildman–Crippen LogP) is 13.3. The maximum Gasteiger partial charge on any atom is 0.204 e. The molecule has 0 fully saturated rings. The van der Waals surface area contributed by atoms with Crippen LogP contribution in [-0.4, -0.2) is 9.13 Å². The van der Waals surface area contributed by atoms with Gasteiger partial charge in [0.25, 0.3) is 0 Å². The number of benzene rings is 8. The van der Waals surface area contributed by atoms with E-state index in [-0.39, 0.29) is 0 Å². The second kappa shape index (κ2) is 12.5. The van der Waals surface area contributed by atoms with Crippen LogP contribution in [-0.2, 0) is 0 Å². The number of rotatable bonds is 5. The highest BCUT2D eigenvalue weighted by atomic mass is 15.0. The second-order valence-corrected chi connectivity index (χ2v) is 13.6. The average Bonchev–Trinajstić information content (AvgIpc) is 3.75. The summed E-state index contributed by atoms with van der Waals surface area (Å²) in [5.74, 6) is 0. The van der Waals surface area contributed by atoms with Crippen LogP contribution in [0.2, 0.25) is 0 Å². The smallest absolute Gasteiger partial charge is 0.204 e. The fourth-order valence-electron chi connectivity index (χ4n) is 8.01. The minimum Gasteiger partial charge on any atom is -0.309 e. The molecule has 250 valence electrons. The Hall–Kier alpha value is -7.66. The molecular weight excluding hydrogens is 657 g/mol. The highest BCUT2D eigenvalue weighted by Gasteiger charge is 2.18. The normalized spacial score (nSPS) is 11.3. The van der Waals surface area contributed by atoms with Gasteiger partial charge in [0.15, 0.2) is 0 Å². The molecule has 0 amide bonds. The Morgan fingerprint density at radius 2 is 0.778 bits per heavy atom. The van der Waals surface area contributed by atoms with Gasteiger partial charge in [-0.25, -0.2) is 4.85 Å². The standard InChI is InChI=1S/C50H30N4/c1-52-46-22-21-41(27-39(46)32-51)54-49-24-18-36(34-13-7-3-8-14-34)29-43(49)45-31-38(20-26-50(45)54)37-19-25-48-44(30-37)42-28-35(33-11-5-2-6-12-33)17-23-47(42)53(48)40-15-9-4-10-16-40/h2-31H. The zero-order valence-electron chi connectivity index (χ0n) is 29.1. The number of aromatic nitrogens is 2. The summed E-state index contributed by atoms with van der Waals surface area (Å²) < 4.78 is 4.57. The van der Waals surface area contributed by atoms with Gasteiger partial charge in [-0.05, 0) is 106 Å². The van der Waals surface area contributed by atoms with E-state index in [9.17, 15) is 5.26 Å². The number of hydrogen-bond donors (Lipinski definition) is 0. The van der Waals surface area contributed by atoms with Crippen molar-refractivity contribution in [2.45, 2.75) is 0 Å². The third kappa shape index (κ3) is 4.98. The van der Waals surface area contributed by atoms with Crippen molar-refractivity contribution >= 4 is 49.3 Å². The van der Waals surface area contributed by atoms with E-state index in [1.54, 1.807) is 6.07 Å². The van der Waals surface area contributed by atoms with E-state index in [2.05, 4.69) is 178 Å². The molecule has 0 spiro atoms. The minimum atomic E-state index is 0.357. The van der Waals surface area contributed by atoms with Crippen molar-refractivity contribution in [1.82, 2.24) is 9.13 Å². The Labute approximate surface area is 312 Å². The predicted molar refractivity (Wildman–Crippen MR) is 222 cm³/mol. The van der Waals surface area contributed by atoms with E-state index in [0.29, 0.717) is 11.3 Å². The van der Waals surface area contributed by atoms with Crippen LogP contribution in [0.3, 0.4) is 0 Å². The molecule has 0 aliphatic heterocycles. The highest BCUT2D eigenvalue weighted by Crippen LogP contribution is 2.40. The highest BCUT2D eigenvalue weighted by molar-refractivity contribution is 6.14. The van der Waals surface area contributed by atoms with Gasteiger partial charge in [-0.15, -0.1) is 0 Å². The summed E-state index contributed by atoms with van der Waals surface area (Å²) in [6.45, 7) is 7.56. The van der Waals surface area contributed by atoms with Gasteiger partial charge in [-0.2, -0.15) is 5.26 Å². The number of fused-ring (bicyclic) bond motifs is 6. The van der Waals surface area contributed by atoms with E-state index in [4.69, 9.17) is 6.57 Å². The number of nitrogens with zero attached hydrogens (tertiary/aromatic N) is 4. The molecule has 54 heavy (non-hydrogen) atoms. The second-order valence-electron chi connectivity index (χ2n) is 13.6. The van der Waals surface area contributed by atoms with Gasteiger partial charge in [0, 0.05) is 32.9 Å². The molecule has 2 aromatic heterocycles. The van der Waals surface area contributed by atoms with Crippen LogP contribution in [0, 0.1) is 17.9 Å². The molecule has 8 aromatic carbocycles. The summed E-state index contributed by atoms with van der Waals surface area (Å²) >= 11 is 0. The minimum absolute atomic E-state index is 0.357. The van der Waals surface area contributed by atoms with Gasteiger partial charge in [0.1, 0.15) is 0 Å². The third-order valence-corrected chi connectivity index (χ3v) is 10.6. The maximum absolute atomic E-state index is 9.90. The summed E-state index contributed by atoms with van der Waals surface area (Å²) in [6, 6.07) is 66.2. The molecule has 10 aromatic rings. The van der Waals surface area contributed by atoms with Crippen molar-refractivity contribution in [2.24, 2.45) is 0 Å². The fourth-order valence-corrected chi connectivity index (χ4v) is 8.01. The first-order valence-electron chi connectivity index (χ1n) is 17.9. The topological polar surface area (TPSA) is 38.0 Å². The van der Waals surface area contributed by atoms with Crippen LogP contribution >= 0.6 is 0 Å². The lowest BCUT2D eigenvalue weighted by atomic mass is 9.98. The van der Waals surface area contributed by atoms with Crippen molar-refractivity contribution in [1.29, 1.82) is 5.26 Å². The van der Waals surface area contributed by atoms with E-state index >= 15 is 0 Å². The van der Waals surface area contributed by atoms with Crippen LogP contribution in [0.4, 0.5) is 5.69 Å². The van der Waals surface area contributed by atoms with Gasteiger partial charge in [0.2, 0.25) is 5.69 Å². The van der Waals surface area contributed by atoms with Gasteiger partial charge in [-0.1, -0.05) is 109 Å². The average molecular weight is 687 g/mol. The van der Waals surface area contributed by atoms with Gasteiger partial charge >= 0.3 is 0 Å². The first-order valence-corrected chi connectivity index (χ1v) is 17.9. The van der Waals surface area contributed by atoms with Crippen LogP contribution in [0.25, 0.3) is 93.2 Å². The molecule has 0 saturated heterocycles. The van der Waals surface area contributed by atoms with Crippen LogP contribution < -0.4 is 0 Å². The molecule has 0 radical (unpaired) electrons. The van der Waals surface area contributed by atoms with Crippen molar-refractivity contribution < 1.29 is 0 Å². The Morgan fingerprint density at radius 3 is 1.19 bits per heavy atom. The van der Waals surface area contributed by atoms with Crippen LogP contribution in [0.1, 0.15) is 5.56 Å². The van der Waals surface area contributed by atoms with Crippen LogP contribution in [0.15, 0.2) is 182 Å². The van der Waals surface area contributed by atoms with Gasteiger partial charge in [0.05, 0.1) is 40.3 Å². The SMILES string of the molecule is [C-]#[N+]c1ccc(-n2c3ccc(-c4ccccc4)cc3c3cc(-c4ccc5c(c4)c4cc(-c6ccccc6)ccc4n5-c4ccccc4)ccc32)cc1C#N. The van der Waals surface area contributed by atoms with E-state index < -0.39 is 0 Å². The summed E-state index contributed by atoms with van der Waals surface area (Å²) in [5, 5.41) is 14.5. The molecule has 0 bridgehead atoms. The Morgan fingerprint density at radius 1 is 0.389 bits per heavy atom. The molecule has 10 rings (SSSR count). The van der Waals surface area contributed by atoms with Gasteiger partial charge < -0.3 is 9.13 Å². The molecular formula is C50H30N4. The summed E-state index contributed by atoms with van der Waals surface area (Å²) in [7, 11) is 0. The van der Waals surface area contributed by atoms with E-state index in [1.165, 1.54) is 27.4 Å². The first kappa shape index (κ1) is 31.1. The van der Waals surface area contributed by atoms with Crippen molar-refractivity contribution in [3.8, 4) is 50.8 Å². The summed E-state index contributed by atoms with van der Waals surface area (Å²) in [5.41, 5.74) is 14.0. The Bertz CT molecular complexity index is 3160. The Kier molecular flexibility index (Phi) is 7.22. The number of nitriles is 1. The van der Waals surface area contributed by atoms with Crippen molar-refractivity contribution in [3.05, 3.63) is 199 Å². The molecule has 4 heteroatoms. The fraction of sp³-hybridized carbons (Fsp3) is 0. The van der Waals surface area contributed by atoms with Gasteiger partial charge in [-0.3, -0.25) is 0 Å². The summed E-state index contributed by atoms with van der Waals surface area (Å²) in [6.07, 6.45) is 0. The first-order chi connectivity index (χ1) is 26.7. The lowest BCUT2D eigenvalue weighted by molar-refractivity contribution is 1.18. The lowest BCUT2D eigenvalue weighted by Gasteiger charge is -2.10. The summed E-state index contributed by atoms with van der Waals surface area (Å²) in [4.78, 5) is 3.57.